The number of rotatable bonds is 3. The Morgan fingerprint density at radius 1 is 0.923 bits per heavy atom. The first-order chi connectivity index (χ1) is 12.3. The van der Waals surface area contributed by atoms with Crippen molar-refractivity contribution in [2.45, 2.75) is 13.8 Å². The fourth-order valence-electron chi connectivity index (χ4n) is 1.89. The van der Waals surface area contributed by atoms with Crippen molar-refractivity contribution in [1.29, 1.82) is 0 Å². The van der Waals surface area contributed by atoms with Crippen LogP contribution < -0.4 is 0 Å². The second-order valence-electron chi connectivity index (χ2n) is 4.95. The number of allylic oxidation sites excluding steroid dienone is 1. The van der Waals surface area contributed by atoms with E-state index in [1.165, 1.54) is 24.3 Å². The van der Waals surface area contributed by atoms with Gasteiger partial charge in [0.25, 0.3) is 11.4 Å². The zero-order valence-corrected chi connectivity index (χ0v) is 14.0. The van der Waals surface area contributed by atoms with Crippen molar-refractivity contribution in [3.8, 4) is 0 Å². The van der Waals surface area contributed by atoms with Crippen LogP contribution in [0.1, 0.15) is 18.1 Å². The summed E-state index contributed by atoms with van der Waals surface area (Å²) in [5.74, 6) is 0. The minimum Gasteiger partial charge on any atom is -0.258 e. The molecule has 0 heterocycles. The van der Waals surface area contributed by atoms with E-state index >= 15 is 0 Å². The third-order valence-corrected chi connectivity index (χ3v) is 3.22. The standard InChI is InChI=1S/C10H8N2O2.C8H6N2O2/c1-3-4-8-5-6-9(12(13)14)7-10(8)11-2;1-6-3-4-7(10(11)12)5-8(6)9-2/h3-7H,1H3;3-5H,1H3/b4-3+;. The van der Waals surface area contributed by atoms with Gasteiger partial charge in [0.1, 0.15) is 0 Å². The fraction of sp³-hybridized carbons (Fsp3) is 0.111. The summed E-state index contributed by atoms with van der Waals surface area (Å²) >= 11 is 0. The van der Waals surface area contributed by atoms with Gasteiger partial charge >= 0.3 is 0 Å². The van der Waals surface area contributed by atoms with Crippen LogP contribution in [0.3, 0.4) is 0 Å². The lowest BCUT2D eigenvalue weighted by atomic mass is 10.1. The molecule has 0 N–H and O–H groups in total. The van der Waals surface area contributed by atoms with Gasteiger partial charge in [-0.3, -0.25) is 20.2 Å². The van der Waals surface area contributed by atoms with Crippen LogP contribution >= 0.6 is 0 Å². The number of hydrogen-bond acceptors (Lipinski definition) is 4. The molecule has 0 atom stereocenters. The molecule has 0 spiro atoms. The quantitative estimate of drug-likeness (QED) is 0.407. The van der Waals surface area contributed by atoms with Gasteiger partial charge in [0.15, 0.2) is 5.69 Å². The summed E-state index contributed by atoms with van der Waals surface area (Å²) in [7, 11) is 0. The molecule has 2 aromatic rings. The van der Waals surface area contributed by atoms with Gasteiger partial charge in [-0.2, -0.15) is 0 Å². The molecule has 2 aromatic carbocycles. The second-order valence-corrected chi connectivity index (χ2v) is 4.95. The Balaban J connectivity index is 0.000000263. The maximum atomic E-state index is 10.4. The maximum Gasteiger partial charge on any atom is 0.259 e. The molecule has 0 amide bonds. The third-order valence-electron chi connectivity index (χ3n) is 3.22. The van der Waals surface area contributed by atoms with Crippen LogP contribution in [0.15, 0.2) is 42.5 Å². The van der Waals surface area contributed by atoms with Crippen molar-refractivity contribution in [3.63, 3.8) is 0 Å². The van der Waals surface area contributed by atoms with Crippen molar-refractivity contribution in [2.75, 3.05) is 0 Å². The molecule has 8 heteroatoms. The van der Waals surface area contributed by atoms with Crippen molar-refractivity contribution in [3.05, 3.63) is 96.7 Å². The Morgan fingerprint density at radius 2 is 1.42 bits per heavy atom. The summed E-state index contributed by atoms with van der Waals surface area (Å²) in [5.41, 5.74) is 2.01. The van der Waals surface area contributed by atoms with Crippen LogP contribution in [0.25, 0.3) is 15.8 Å². The zero-order chi connectivity index (χ0) is 19.7. The predicted molar refractivity (Wildman–Crippen MR) is 98.2 cm³/mol. The van der Waals surface area contributed by atoms with E-state index in [-0.39, 0.29) is 11.4 Å². The van der Waals surface area contributed by atoms with Gasteiger partial charge in [0, 0.05) is 24.3 Å². The van der Waals surface area contributed by atoms with Crippen LogP contribution in [0.5, 0.6) is 0 Å². The van der Waals surface area contributed by atoms with Crippen molar-refractivity contribution < 1.29 is 9.85 Å². The van der Waals surface area contributed by atoms with Gasteiger partial charge in [-0.1, -0.05) is 24.3 Å². The van der Waals surface area contributed by atoms with Gasteiger partial charge in [0.05, 0.1) is 23.0 Å². The minimum atomic E-state index is -0.506. The van der Waals surface area contributed by atoms with Crippen LogP contribution in [0, 0.1) is 40.3 Å². The Morgan fingerprint density at radius 3 is 1.88 bits per heavy atom. The average molecular weight is 350 g/mol. The lowest BCUT2D eigenvalue weighted by Crippen LogP contribution is -1.87. The summed E-state index contributed by atoms with van der Waals surface area (Å²) < 4.78 is 0. The minimum absolute atomic E-state index is 0.0356. The monoisotopic (exact) mass is 350 g/mol. The van der Waals surface area contributed by atoms with E-state index in [1.54, 1.807) is 31.2 Å². The smallest absolute Gasteiger partial charge is 0.258 e. The molecule has 2 rings (SSSR count). The fourth-order valence-corrected chi connectivity index (χ4v) is 1.89. The number of non-ortho nitro benzene ring substituents is 2. The predicted octanol–water partition coefficient (Wildman–Crippen LogP) is 5.63. The number of nitro groups is 2. The molecule has 0 bridgehead atoms. The van der Waals surface area contributed by atoms with Gasteiger partial charge in [-0.25, -0.2) is 9.69 Å². The number of nitrogens with zero attached hydrogens (tertiary/aromatic N) is 4. The van der Waals surface area contributed by atoms with Crippen LogP contribution in [-0.4, -0.2) is 9.85 Å². The second kappa shape index (κ2) is 9.30. The number of nitro benzene ring substituents is 2. The summed E-state index contributed by atoms with van der Waals surface area (Å²) in [4.78, 5) is 26.1. The maximum absolute atomic E-state index is 10.4. The molecule has 0 aliphatic heterocycles. The van der Waals surface area contributed by atoms with E-state index in [9.17, 15) is 20.2 Å². The number of benzene rings is 2. The Bertz CT molecular complexity index is 953. The lowest BCUT2D eigenvalue weighted by molar-refractivity contribution is -0.385. The van der Waals surface area contributed by atoms with Crippen LogP contribution in [-0.2, 0) is 0 Å². The Kier molecular flexibility index (Phi) is 7.16. The first-order valence-electron chi connectivity index (χ1n) is 7.25. The van der Waals surface area contributed by atoms with Gasteiger partial charge in [-0.05, 0) is 25.0 Å². The number of aryl methyl sites for hydroxylation is 1. The van der Waals surface area contributed by atoms with E-state index in [2.05, 4.69) is 9.69 Å². The summed E-state index contributed by atoms with van der Waals surface area (Å²) in [5, 5.41) is 20.7. The Labute approximate surface area is 150 Å². The third kappa shape index (κ3) is 5.25. The van der Waals surface area contributed by atoms with Gasteiger partial charge in [0.2, 0.25) is 5.69 Å². The summed E-state index contributed by atoms with van der Waals surface area (Å²) in [6, 6.07) is 8.50. The molecular weight excluding hydrogens is 336 g/mol. The summed E-state index contributed by atoms with van der Waals surface area (Å²) in [6.45, 7) is 17.2. The molecular formula is C18H14N4O4. The van der Waals surface area contributed by atoms with E-state index in [1.807, 2.05) is 6.92 Å². The van der Waals surface area contributed by atoms with E-state index in [0.29, 0.717) is 16.9 Å². The lowest BCUT2D eigenvalue weighted by Gasteiger charge is -1.97. The summed E-state index contributed by atoms with van der Waals surface area (Å²) in [6.07, 6.45) is 3.53. The molecule has 8 nitrogen and oxygen atoms in total. The van der Waals surface area contributed by atoms with Gasteiger partial charge < -0.3 is 0 Å². The molecule has 130 valence electrons. The first kappa shape index (κ1) is 20.0. The molecule has 0 saturated carbocycles. The van der Waals surface area contributed by atoms with Crippen molar-refractivity contribution >= 4 is 28.8 Å². The normalized spacial score (nSPS) is 9.54. The first-order valence-corrected chi connectivity index (χ1v) is 7.25. The molecule has 0 aliphatic rings. The largest absolute Gasteiger partial charge is 0.259 e. The average Bonchev–Trinajstić information content (AvgIpc) is 2.62. The van der Waals surface area contributed by atoms with Crippen molar-refractivity contribution in [2.24, 2.45) is 0 Å². The topological polar surface area (TPSA) is 95.0 Å². The van der Waals surface area contributed by atoms with E-state index in [0.717, 1.165) is 5.56 Å². The van der Waals surface area contributed by atoms with Crippen LogP contribution in [0.4, 0.5) is 22.7 Å². The molecule has 0 unspecified atom stereocenters. The Hall–Kier alpha value is -4.04. The highest BCUT2D eigenvalue weighted by atomic mass is 16.6. The highest BCUT2D eigenvalue weighted by Crippen LogP contribution is 2.26. The van der Waals surface area contributed by atoms with E-state index in [4.69, 9.17) is 13.1 Å². The molecule has 0 fully saturated rings. The van der Waals surface area contributed by atoms with E-state index < -0.39 is 9.85 Å². The highest BCUT2D eigenvalue weighted by Gasteiger charge is 2.08. The molecule has 0 aromatic heterocycles. The SMILES string of the molecule is [C-]#[N+]c1cc([N+](=O)[O-])ccc1/C=C/C.[C-]#[N+]c1cc([N+](=O)[O-])ccc1C. The highest BCUT2D eigenvalue weighted by molar-refractivity contribution is 5.69. The van der Waals surface area contributed by atoms with Crippen molar-refractivity contribution in [1.82, 2.24) is 0 Å². The number of hydrogen-bond donors (Lipinski definition) is 0. The zero-order valence-electron chi connectivity index (χ0n) is 14.0. The molecule has 0 saturated heterocycles. The van der Waals surface area contributed by atoms with Gasteiger partial charge in [-0.15, -0.1) is 0 Å². The molecule has 26 heavy (non-hydrogen) atoms. The molecule has 0 radical (unpaired) electrons. The van der Waals surface area contributed by atoms with Crippen LogP contribution in [0.2, 0.25) is 0 Å². The molecule has 0 aliphatic carbocycles.